The molecular weight excluding hydrogens is 532 g/mol. The van der Waals surface area contributed by atoms with Gasteiger partial charge in [-0.2, -0.15) is 0 Å². The third-order valence-corrected chi connectivity index (χ3v) is 8.90. The standard InChI is InChI=1S/C42H28N2/c1-5-13-29(14-6-1)31-21-24-38-36(27-31)35-23-26-40-41(42(35)44(38)34-19-11-4-12-20-34)37-28-32(30-15-7-2-8-16-30)22-25-39(37)43(40)33-17-9-3-10-18-33/h1-28H. The van der Waals surface area contributed by atoms with E-state index in [9.17, 15) is 0 Å². The lowest BCUT2D eigenvalue weighted by Crippen LogP contribution is -1.95. The van der Waals surface area contributed by atoms with Crippen molar-refractivity contribution in [2.45, 2.75) is 0 Å². The fraction of sp³-hybridized carbons (Fsp3) is 0. The minimum absolute atomic E-state index is 1.16. The molecule has 0 aliphatic heterocycles. The Labute approximate surface area is 255 Å². The Hall–Kier alpha value is -5.86. The minimum atomic E-state index is 1.16. The van der Waals surface area contributed by atoms with E-state index in [1.165, 1.54) is 65.9 Å². The smallest absolute Gasteiger partial charge is 0.0641 e. The van der Waals surface area contributed by atoms with Gasteiger partial charge >= 0.3 is 0 Å². The molecule has 0 aliphatic carbocycles. The summed E-state index contributed by atoms with van der Waals surface area (Å²) in [7, 11) is 0. The third-order valence-electron chi connectivity index (χ3n) is 8.90. The molecule has 0 amide bonds. The van der Waals surface area contributed by atoms with E-state index in [0.29, 0.717) is 0 Å². The summed E-state index contributed by atoms with van der Waals surface area (Å²) in [6.45, 7) is 0. The number of fused-ring (bicyclic) bond motifs is 7. The van der Waals surface area contributed by atoms with Gasteiger partial charge < -0.3 is 9.13 Å². The van der Waals surface area contributed by atoms with Gasteiger partial charge in [0, 0.05) is 32.9 Å². The van der Waals surface area contributed by atoms with Crippen molar-refractivity contribution in [3.8, 4) is 33.6 Å². The molecule has 2 heterocycles. The van der Waals surface area contributed by atoms with E-state index in [0.717, 1.165) is 11.4 Å². The van der Waals surface area contributed by atoms with Gasteiger partial charge in [-0.3, -0.25) is 0 Å². The van der Waals surface area contributed by atoms with E-state index in [4.69, 9.17) is 0 Å². The van der Waals surface area contributed by atoms with Gasteiger partial charge in [-0.05, 0) is 76.9 Å². The van der Waals surface area contributed by atoms with E-state index in [-0.39, 0.29) is 0 Å². The average Bonchev–Trinajstić information content (AvgIpc) is 3.62. The molecule has 0 aliphatic rings. The van der Waals surface area contributed by atoms with E-state index < -0.39 is 0 Å². The Morgan fingerprint density at radius 2 is 0.750 bits per heavy atom. The lowest BCUT2D eigenvalue weighted by atomic mass is 10.0. The molecule has 0 saturated heterocycles. The molecule has 0 saturated carbocycles. The van der Waals surface area contributed by atoms with Crippen LogP contribution in [0, 0.1) is 0 Å². The van der Waals surface area contributed by atoms with Crippen molar-refractivity contribution in [1.82, 2.24) is 9.13 Å². The zero-order chi connectivity index (χ0) is 29.0. The highest BCUT2D eigenvalue weighted by Crippen LogP contribution is 2.43. The number of hydrogen-bond donors (Lipinski definition) is 0. The molecule has 44 heavy (non-hydrogen) atoms. The van der Waals surface area contributed by atoms with Crippen LogP contribution in [0.5, 0.6) is 0 Å². The molecule has 9 aromatic rings. The summed E-state index contributed by atoms with van der Waals surface area (Å²) in [5.74, 6) is 0. The fourth-order valence-electron chi connectivity index (χ4n) is 6.93. The number of nitrogens with zero attached hydrogens (tertiary/aromatic N) is 2. The monoisotopic (exact) mass is 560 g/mol. The summed E-state index contributed by atoms with van der Waals surface area (Å²) >= 11 is 0. The second-order valence-corrected chi connectivity index (χ2v) is 11.4. The van der Waals surface area contributed by atoms with Gasteiger partial charge in [0.05, 0.1) is 22.1 Å². The summed E-state index contributed by atoms with van der Waals surface area (Å²) < 4.78 is 4.88. The molecule has 7 aromatic carbocycles. The topological polar surface area (TPSA) is 9.86 Å². The zero-order valence-corrected chi connectivity index (χ0v) is 24.1. The van der Waals surface area contributed by atoms with E-state index in [2.05, 4.69) is 179 Å². The molecule has 9 rings (SSSR count). The molecule has 2 aromatic heterocycles. The fourth-order valence-corrected chi connectivity index (χ4v) is 6.93. The Bertz CT molecular complexity index is 2450. The Kier molecular flexibility index (Phi) is 5.54. The van der Waals surface area contributed by atoms with Crippen LogP contribution in [0.4, 0.5) is 0 Å². The highest BCUT2D eigenvalue weighted by molar-refractivity contribution is 6.26. The van der Waals surface area contributed by atoms with Gasteiger partial charge in [0.15, 0.2) is 0 Å². The Morgan fingerprint density at radius 1 is 0.295 bits per heavy atom. The molecule has 0 unspecified atom stereocenters. The van der Waals surface area contributed by atoms with Gasteiger partial charge in [0.1, 0.15) is 0 Å². The van der Waals surface area contributed by atoms with Crippen LogP contribution in [0.3, 0.4) is 0 Å². The first kappa shape index (κ1) is 24.7. The van der Waals surface area contributed by atoms with Crippen LogP contribution in [0.2, 0.25) is 0 Å². The molecule has 2 heteroatoms. The second-order valence-electron chi connectivity index (χ2n) is 11.4. The first-order valence-corrected chi connectivity index (χ1v) is 15.1. The molecule has 0 radical (unpaired) electrons. The Balaban J connectivity index is 1.47. The van der Waals surface area contributed by atoms with Crippen molar-refractivity contribution in [2.24, 2.45) is 0 Å². The highest BCUT2D eigenvalue weighted by atomic mass is 15.0. The summed E-state index contributed by atoms with van der Waals surface area (Å²) in [4.78, 5) is 0. The summed E-state index contributed by atoms with van der Waals surface area (Å²) in [5.41, 5.74) is 12.1. The molecule has 206 valence electrons. The van der Waals surface area contributed by atoms with Crippen LogP contribution in [-0.2, 0) is 0 Å². The minimum Gasteiger partial charge on any atom is -0.309 e. The van der Waals surface area contributed by atoms with Crippen LogP contribution in [-0.4, -0.2) is 9.13 Å². The van der Waals surface area contributed by atoms with Crippen LogP contribution in [0.1, 0.15) is 0 Å². The third kappa shape index (κ3) is 3.75. The number of benzene rings is 7. The lowest BCUT2D eigenvalue weighted by molar-refractivity contribution is 1.17. The van der Waals surface area contributed by atoms with Gasteiger partial charge in [0.25, 0.3) is 0 Å². The van der Waals surface area contributed by atoms with Crippen LogP contribution in [0.15, 0.2) is 170 Å². The maximum absolute atomic E-state index is 2.46. The first-order valence-electron chi connectivity index (χ1n) is 15.1. The molecule has 0 spiro atoms. The zero-order valence-electron chi connectivity index (χ0n) is 24.1. The van der Waals surface area contributed by atoms with Crippen LogP contribution >= 0.6 is 0 Å². The largest absolute Gasteiger partial charge is 0.309 e. The lowest BCUT2D eigenvalue weighted by Gasteiger charge is -2.10. The molecule has 0 fully saturated rings. The van der Waals surface area contributed by atoms with Crippen molar-refractivity contribution in [3.05, 3.63) is 170 Å². The van der Waals surface area contributed by atoms with Crippen molar-refractivity contribution < 1.29 is 0 Å². The number of hydrogen-bond acceptors (Lipinski definition) is 0. The van der Waals surface area contributed by atoms with Gasteiger partial charge in [-0.15, -0.1) is 0 Å². The Morgan fingerprint density at radius 3 is 1.32 bits per heavy atom. The molecular formula is C42H28N2. The van der Waals surface area contributed by atoms with E-state index in [1.807, 2.05) is 0 Å². The SMILES string of the molecule is c1ccc(-c2ccc3c(c2)c2c(ccc4c5cc(-c6ccccc6)ccc5n(-c5ccccc5)c42)n3-c2ccccc2)cc1. The van der Waals surface area contributed by atoms with Gasteiger partial charge in [-0.1, -0.05) is 115 Å². The predicted octanol–water partition coefficient (Wildman–Crippen LogP) is 11.2. The van der Waals surface area contributed by atoms with E-state index in [1.54, 1.807) is 0 Å². The first-order chi connectivity index (χ1) is 21.8. The number of rotatable bonds is 4. The molecule has 0 bridgehead atoms. The van der Waals surface area contributed by atoms with Crippen LogP contribution < -0.4 is 0 Å². The average molecular weight is 561 g/mol. The van der Waals surface area contributed by atoms with Crippen molar-refractivity contribution in [1.29, 1.82) is 0 Å². The molecule has 0 N–H and O–H groups in total. The maximum Gasteiger partial charge on any atom is 0.0641 e. The van der Waals surface area contributed by atoms with Crippen molar-refractivity contribution in [3.63, 3.8) is 0 Å². The quantitative estimate of drug-likeness (QED) is 0.203. The predicted molar refractivity (Wildman–Crippen MR) is 186 cm³/mol. The van der Waals surface area contributed by atoms with Gasteiger partial charge in [-0.25, -0.2) is 0 Å². The van der Waals surface area contributed by atoms with Gasteiger partial charge in [0.2, 0.25) is 0 Å². The summed E-state index contributed by atoms with van der Waals surface area (Å²) in [6, 6.07) is 61.4. The second kappa shape index (κ2) is 9.86. The van der Waals surface area contributed by atoms with Crippen LogP contribution in [0.25, 0.3) is 77.2 Å². The van der Waals surface area contributed by atoms with Crippen molar-refractivity contribution >= 4 is 43.6 Å². The molecule has 2 nitrogen and oxygen atoms in total. The number of aromatic nitrogens is 2. The maximum atomic E-state index is 2.46. The number of para-hydroxylation sites is 2. The molecule has 0 atom stereocenters. The van der Waals surface area contributed by atoms with Crippen molar-refractivity contribution in [2.75, 3.05) is 0 Å². The summed E-state index contributed by atoms with van der Waals surface area (Å²) in [5, 5.41) is 5.03. The normalized spacial score (nSPS) is 11.6. The highest BCUT2D eigenvalue weighted by Gasteiger charge is 2.21. The van der Waals surface area contributed by atoms with E-state index >= 15 is 0 Å². The summed E-state index contributed by atoms with van der Waals surface area (Å²) in [6.07, 6.45) is 0.